The van der Waals surface area contributed by atoms with E-state index in [0.717, 1.165) is 10.2 Å². The average Bonchev–Trinajstić information content (AvgIpc) is 2.61. The van der Waals surface area contributed by atoms with Crippen LogP contribution in [0.1, 0.15) is 6.92 Å². The van der Waals surface area contributed by atoms with Gasteiger partial charge in [0.2, 0.25) is 5.91 Å². The minimum atomic E-state index is -0.125. The van der Waals surface area contributed by atoms with Gasteiger partial charge in [-0.05, 0) is 58.4 Å². The van der Waals surface area contributed by atoms with Crippen molar-refractivity contribution in [3.8, 4) is 0 Å². The minimum absolute atomic E-state index is 0.00750. The average molecular weight is 421 g/mol. The summed E-state index contributed by atoms with van der Waals surface area (Å²) in [5.41, 5.74) is 2.90. The van der Waals surface area contributed by atoms with Crippen LogP contribution in [-0.2, 0) is 4.79 Å². The van der Waals surface area contributed by atoms with Gasteiger partial charge < -0.3 is 20.4 Å². The van der Waals surface area contributed by atoms with E-state index in [1.54, 1.807) is 24.3 Å². The number of hydrogen-bond acceptors (Lipinski definition) is 6. The number of aliphatic hydroxyl groups excluding tert-OH is 2. The highest BCUT2D eigenvalue weighted by atomic mass is 79.9. The number of carbonyl (C=O) groups excluding carboxylic acids is 1. The van der Waals surface area contributed by atoms with Crippen molar-refractivity contribution >= 4 is 44.6 Å². The molecule has 1 amide bonds. The van der Waals surface area contributed by atoms with E-state index in [0.29, 0.717) is 30.2 Å². The molecule has 0 spiro atoms. The molecule has 3 N–H and O–H groups in total. The lowest BCUT2D eigenvalue weighted by Gasteiger charge is -2.23. The predicted octanol–water partition coefficient (Wildman–Crippen LogP) is 3.61. The topological polar surface area (TPSA) is 97.5 Å². The van der Waals surface area contributed by atoms with E-state index in [9.17, 15) is 4.79 Å². The fourth-order valence-corrected chi connectivity index (χ4v) is 2.76. The van der Waals surface area contributed by atoms with Gasteiger partial charge in [0.05, 0.1) is 24.6 Å². The SMILES string of the molecule is CC(=O)Nc1ccc(N=Nc2ccc(N(CCO)CCO)cc2Br)cc1. The Bertz CT molecular complexity index is 760. The molecule has 0 radical (unpaired) electrons. The van der Waals surface area contributed by atoms with Crippen LogP contribution in [0.3, 0.4) is 0 Å². The number of carbonyl (C=O) groups is 1. The lowest BCUT2D eigenvalue weighted by Crippen LogP contribution is -2.29. The van der Waals surface area contributed by atoms with Crippen LogP contribution in [0.2, 0.25) is 0 Å². The molecular formula is C18H21BrN4O3. The molecule has 2 aromatic carbocycles. The summed E-state index contributed by atoms with van der Waals surface area (Å²) in [6.07, 6.45) is 0. The number of benzene rings is 2. The standard InChI is InChI=1S/C18H21BrN4O3/c1-13(26)20-14-2-4-15(5-3-14)21-22-18-7-6-16(12-17(18)19)23(8-10-24)9-11-25/h2-7,12,24-25H,8-11H2,1H3,(H,20,26). The smallest absolute Gasteiger partial charge is 0.221 e. The molecule has 2 aromatic rings. The van der Waals surface area contributed by atoms with Gasteiger partial charge in [-0.2, -0.15) is 5.11 Å². The van der Waals surface area contributed by atoms with Crippen molar-refractivity contribution < 1.29 is 15.0 Å². The molecular weight excluding hydrogens is 400 g/mol. The first-order chi connectivity index (χ1) is 12.5. The normalized spacial score (nSPS) is 10.9. The molecule has 0 unspecified atom stereocenters. The molecule has 0 saturated carbocycles. The maximum absolute atomic E-state index is 11.0. The molecule has 2 rings (SSSR count). The highest BCUT2D eigenvalue weighted by Crippen LogP contribution is 2.31. The number of hydrogen-bond donors (Lipinski definition) is 3. The fraction of sp³-hybridized carbons (Fsp3) is 0.278. The third-order valence-corrected chi connectivity index (χ3v) is 4.13. The quantitative estimate of drug-likeness (QED) is 0.568. The minimum Gasteiger partial charge on any atom is -0.395 e. The van der Waals surface area contributed by atoms with Gasteiger partial charge >= 0.3 is 0 Å². The Kier molecular flexibility index (Phi) is 7.71. The molecule has 0 aliphatic rings. The first-order valence-electron chi connectivity index (χ1n) is 8.09. The second-order valence-electron chi connectivity index (χ2n) is 5.50. The molecule has 0 atom stereocenters. The molecule has 7 nitrogen and oxygen atoms in total. The third-order valence-electron chi connectivity index (χ3n) is 3.50. The third kappa shape index (κ3) is 5.91. The Hall–Kier alpha value is -2.29. The van der Waals surface area contributed by atoms with Crippen molar-refractivity contribution in [2.45, 2.75) is 6.92 Å². The number of aliphatic hydroxyl groups is 2. The van der Waals surface area contributed by atoms with Crippen molar-refractivity contribution in [3.05, 3.63) is 46.9 Å². The summed E-state index contributed by atoms with van der Waals surface area (Å²) in [6.45, 7) is 2.35. The zero-order chi connectivity index (χ0) is 18.9. The number of amides is 1. The van der Waals surface area contributed by atoms with E-state index in [4.69, 9.17) is 10.2 Å². The summed E-state index contributed by atoms with van der Waals surface area (Å²) < 4.78 is 0.759. The summed E-state index contributed by atoms with van der Waals surface area (Å²) >= 11 is 3.48. The summed E-state index contributed by atoms with van der Waals surface area (Å²) in [7, 11) is 0. The van der Waals surface area contributed by atoms with Crippen LogP contribution in [0.15, 0.2) is 57.2 Å². The van der Waals surface area contributed by atoms with Crippen LogP contribution >= 0.6 is 15.9 Å². The molecule has 0 fully saturated rings. The Morgan fingerprint density at radius 3 is 2.27 bits per heavy atom. The highest BCUT2D eigenvalue weighted by molar-refractivity contribution is 9.10. The van der Waals surface area contributed by atoms with Crippen molar-refractivity contribution in [2.24, 2.45) is 10.2 Å². The number of anilines is 2. The van der Waals surface area contributed by atoms with E-state index >= 15 is 0 Å². The van der Waals surface area contributed by atoms with Gasteiger partial charge in [0.1, 0.15) is 0 Å². The molecule has 0 aliphatic heterocycles. The second-order valence-corrected chi connectivity index (χ2v) is 6.35. The van der Waals surface area contributed by atoms with Crippen LogP contribution in [0, 0.1) is 0 Å². The Labute approximate surface area is 160 Å². The van der Waals surface area contributed by atoms with Crippen LogP contribution < -0.4 is 10.2 Å². The van der Waals surface area contributed by atoms with Crippen molar-refractivity contribution in [1.29, 1.82) is 0 Å². The van der Waals surface area contributed by atoms with E-state index in [-0.39, 0.29) is 19.1 Å². The van der Waals surface area contributed by atoms with E-state index in [1.807, 2.05) is 23.1 Å². The predicted molar refractivity (Wildman–Crippen MR) is 105 cm³/mol. The summed E-state index contributed by atoms with van der Waals surface area (Å²) in [5, 5.41) is 29.4. The molecule has 8 heteroatoms. The monoisotopic (exact) mass is 420 g/mol. The van der Waals surface area contributed by atoms with Gasteiger partial charge in [-0.25, -0.2) is 0 Å². The second kappa shape index (κ2) is 10.0. The molecule has 0 saturated heterocycles. The Morgan fingerprint density at radius 2 is 1.73 bits per heavy atom. The number of nitrogens with zero attached hydrogens (tertiary/aromatic N) is 3. The molecule has 138 valence electrons. The van der Waals surface area contributed by atoms with Gasteiger partial charge in [-0.15, -0.1) is 5.11 Å². The molecule has 0 aliphatic carbocycles. The van der Waals surface area contributed by atoms with Gasteiger partial charge in [0.15, 0.2) is 0 Å². The number of rotatable bonds is 8. The lowest BCUT2D eigenvalue weighted by molar-refractivity contribution is -0.114. The summed E-state index contributed by atoms with van der Waals surface area (Å²) in [4.78, 5) is 12.9. The number of halogens is 1. The first kappa shape index (κ1) is 20.0. The summed E-state index contributed by atoms with van der Waals surface area (Å²) in [6, 6.07) is 12.6. The van der Waals surface area contributed by atoms with E-state index in [1.165, 1.54) is 6.92 Å². The number of nitrogens with one attached hydrogen (secondary N) is 1. The van der Waals surface area contributed by atoms with Gasteiger partial charge in [0, 0.05) is 35.9 Å². The molecule has 26 heavy (non-hydrogen) atoms. The van der Waals surface area contributed by atoms with E-state index < -0.39 is 0 Å². The van der Waals surface area contributed by atoms with Crippen molar-refractivity contribution in [3.63, 3.8) is 0 Å². The first-order valence-corrected chi connectivity index (χ1v) is 8.88. The maximum atomic E-state index is 11.0. The summed E-state index contributed by atoms with van der Waals surface area (Å²) in [5.74, 6) is -0.125. The van der Waals surface area contributed by atoms with Crippen LogP contribution in [0.25, 0.3) is 0 Å². The maximum Gasteiger partial charge on any atom is 0.221 e. The lowest BCUT2D eigenvalue weighted by atomic mass is 10.2. The van der Waals surface area contributed by atoms with Crippen LogP contribution in [0.4, 0.5) is 22.7 Å². The van der Waals surface area contributed by atoms with Gasteiger partial charge in [-0.1, -0.05) is 0 Å². The largest absolute Gasteiger partial charge is 0.395 e. The zero-order valence-electron chi connectivity index (χ0n) is 14.4. The van der Waals surface area contributed by atoms with Crippen molar-refractivity contribution in [2.75, 3.05) is 36.5 Å². The molecule has 0 heterocycles. The molecule has 0 bridgehead atoms. The highest BCUT2D eigenvalue weighted by Gasteiger charge is 2.08. The zero-order valence-corrected chi connectivity index (χ0v) is 16.0. The Morgan fingerprint density at radius 1 is 1.08 bits per heavy atom. The van der Waals surface area contributed by atoms with E-state index in [2.05, 4.69) is 31.5 Å². The van der Waals surface area contributed by atoms with Crippen molar-refractivity contribution in [1.82, 2.24) is 0 Å². The van der Waals surface area contributed by atoms with Gasteiger partial charge in [-0.3, -0.25) is 4.79 Å². The van der Waals surface area contributed by atoms with Gasteiger partial charge in [0.25, 0.3) is 0 Å². The number of azo groups is 1. The fourth-order valence-electron chi connectivity index (χ4n) is 2.31. The van der Waals surface area contributed by atoms with Crippen LogP contribution in [-0.4, -0.2) is 42.4 Å². The molecule has 0 aromatic heterocycles. The van der Waals surface area contributed by atoms with Crippen LogP contribution in [0.5, 0.6) is 0 Å². The Balaban J connectivity index is 2.11.